The molecule has 0 saturated carbocycles. The fourth-order valence-corrected chi connectivity index (χ4v) is 3.35. The number of likely N-dealkylation sites (N-methyl/N-ethyl adjacent to an activating group) is 1. The van der Waals surface area contributed by atoms with Gasteiger partial charge in [-0.15, -0.1) is 0 Å². The number of ether oxygens (including phenoxy) is 1. The Hall–Kier alpha value is -1.06. The second-order valence-corrected chi connectivity index (χ2v) is 5.53. The molecule has 0 amide bonds. The lowest BCUT2D eigenvalue weighted by Gasteiger charge is -2.45. The molecule has 2 N–H and O–H groups in total. The zero-order valence-electron chi connectivity index (χ0n) is 12.4. The van der Waals surface area contributed by atoms with Crippen LogP contribution in [-0.2, 0) is 12.0 Å². The van der Waals surface area contributed by atoms with Crippen LogP contribution in [0.15, 0.2) is 18.2 Å². The Labute approximate surface area is 116 Å². The third kappa shape index (κ3) is 2.49. The maximum atomic E-state index is 6.19. The Morgan fingerprint density at radius 1 is 1.42 bits per heavy atom. The van der Waals surface area contributed by atoms with Crippen LogP contribution < -0.4 is 10.5 Å². The highest BCUT2D eigenvalue weighted by Crippen LogP contribution is 2.40. The number of nitrogens with zero attached hydrogens (tertiary/aromatic N) is 1. The predicted molar refractivity (Wildman–Crippen MR) is 79.6 cm³/mol. The van der Waals surface area contributed by atoms with E-state index in [0.29, 0.717) is 6.54 Å². The molecule has 1 atom stereocenters. The first-order valence-corrected chi connectivity index (χ1v) is 7.26. The van der Waals surface area contributed by atoms with Crippen molar-refractivity contribution in [1.29, 1.82) is 0 Å². The van der Waals surface area contributed by atoms with Crippen molar-refractivity contribution in [3.8, 4) is 5.75 Å². The van der Waals surface area contributed by atoms with Gasteiger partial charge < -0.3 is 10.5 Å². The van der Waals surface area contributed by atoms with Crippen molar-refractivity contribution in [3.63, 3.8) is 0 Å². The average Bonchev–Trinajstić information content (AvgIpc) is 2.46. The first-order chi connectivity index (χ1) is 9.17. The van der Waals surface area contributed by atoms with Gasteiger partial charge in [0.25, 0.3) is 0 Å². The van der Waals surface area contributed by atoms with E-state index in [2.05, 4.69) is 37.1 Å². The standard InChI is InChI=1S/C16H26N2O/c1-4-10-18(2)16(12-17)9-5-6-13-7-8-14(19-3)11-15(13)16/h7-8,11H,4-6,9-10,12,17H2,1-3H3. The van der Waals surface area contributed by atoms with Crippen LogP contribution >= 0.6 is 0 Å². The molecule has 0 heterocycles. The van der Waals surface area contributed by atoms with Gasteiger partial charge in [-0.25, -0.2) is 0 Å². The first-order valence-electron chi connectivity index (χ1n) is 7.26. The van der Waals surface area contributed by atoms with E-state index in [1.165, 1.54) is 17.5 Å². The highest BCUT2D eigenvalue weighted by Gasteiger charge is 2.38. The second-order valence-electron chi connectivity index (χ2n) is 5.53. The fourth-order valence-electron chi connectivity index (χ4n) is 3.35. The van der Waals surface area contributed by atoms with Gasteiger partial charge in [-0.05, 0) is 62.5 Å². The smallest absolute Gasteiger partial charge is 0.119 e. The van der Waals surface area contributed by atoms with E-state index < -0.39 is 0 Å². The molecule has 0 aromatic heterocycles. The molecule has 0 aliphatic heterocycles. The van der Waals surface area contributed by atoms with Gasteiger partial charge in [-0.2, -0.15) is 0 Å². The number of fused-ring (bicyclic) bond motifs is 1. The molecule has 1 aromatic carbocycles. The number of rotatable bonds is 5. The summed E-state index contributed by atoms with van der Waals surface area (Å²) in [4.78, 5) is 2.43. The maximum absolute atomic E-state index is 6.19. The molecule has 3 nitrogen and oxygen atoms in total. The van der Waals surface area contributed by atoms with E-state index >= 15 is 0 Å². The van der Waals surface area contributed by atoms with Crippen LogP contribution in [0.2, 0.25) is 0 Å². The van der Waals surface area contributed by atoms with E-state index in [-0.39, 0.29) is 5.54 Å². The van der Waals surface area contributed by atoms with Gasteiger partial charge in [0.2, 0.25) is 0 Å². The largest absolute Gasteiger partial charge is 0.497 e. The minimum absolute atomic E-state index is 0.0157. The number of methoxy groups -OCH3 is 1. The van der Waals surface area contributed by atoms with Gasteiger partial charge in [0.05, 0.1) is 12.6 Å². The summed E-state index contributed by atoms with van der Waals surface area (Å²) in [6.45, 7) is 3.97. The fraction of sp³-hybridized carbons (Fsp3) is 0.625. The normalized spacial score (nSPS) is 22.4. The molecule has 0 fully saturated rings. The highest BCUT2D eigenvalue weighted by molar-refractivity contribution is 5.42. The number of hydrogen-bond acceptors (Lipinski definition) is 3. The molecule has 1 unspecified atom stereocenters. The third-order valence-corrected chi connectivity index (χ3v) is 4.48. The van der Waals surface area contributed by atoms with Gasteiger partial charge in [-0.3, -0.25) is 4.90 Å². The summed E-state index contributed by atoms with van der Waals surface area (Å²) < 4.78 is 5.40. The number of aryl methyl sites for hydroxylation is 1. The van der Waals surface area contributed by atoms with Crippen LogP contribution in [0.25, 0.3) is 0 Å². The Balaban J connectivity index is 2.47. The summed E-state index contributed by atoms with van der Waals surface area (Å²) in [5.74, 6) is 0.934. The number of nitrogens with two attached hydrogens (primary N) is 1. The Kier molecular flexibility index (Phi) is 4.48. The zero-order valence-corrected chi connectivity index (χ0v) is 12.4. The van der Waals surface area contributed by atoms with Crippen molar-refractivity contribution in [2.75, 3.05) is 27.2 Å². The van der Waals surface area contributed by atoms with Crippen molar-refractivity contribution in [1.82, 2.24) is 4.90 Å². The summed E-state index contributed by atoms with van der Waals surface area (Å²) in [5, 5.41) is 0. The quantitative estimate of drug-likeness (QED) is 0.886. The molecular formula is C16H26N2O. The molecule has 0 bridgehead atoms. The van der Waals surface area contributed by atoms with Crippen molar-refractivity contribution >= 4 is 0 Å². The van der Waals surface area contributed by atoms with Crippen LogP contribution in [0, 0.1) is 0 Å². The SMILES string of the molecule is CCCN(C)C1(CN)CCCc2ccc(OC)cc21. The molecule has 2 rings (SSSR count). The first kappa shape index (κ1) is 14.4. The van der Waals surface area contributed by atoms with E-state index in [9.17, 15) is 0 Å². The molecule has 19 heavy (non-hydrogen) atoms. The Morgan fingerprint density at radius 3 is 2.84 bits per heavy atom. The molecule has 0 radical (unpaired) electrons. The molecule has 106 valence electrons. The van der Waals surface area contributed by atoms with Gasteiger partial charge in [-0.1, -0.05) is 13.0 Å². The lowest BCUT2D eigenvalue weighted by atomic mass is 9.75. The summed E-state index contributed by atoms with van der Waals surface area (Å²) in [6.07, 6.45) is 4.66. The van der Waals surface area contributed by atoms with Gasteiger partial charge in [0.1, 0.15) is 5.75 Å². The van der Waals surface area contributed by atoms with E-state index in [4.69, 9.17) is 10.5 Å². The second kappa shape index (κ2) is 5.93. The van der Waals surface area contributed by atoms with Crippen molar-refractivity contribution in [3.05, 3.63) is 29.3 Å². The molecule has 1 aliphatic carbocycles. The van der Waals surface area contributed by atoms with Crippen molar-refractivity contribution in [2.45, 2.75) is 38.1 Å². The average molecular weight is 262 g/mol. The molecule has 0 saturated heterocycles. The van der Waals surface area contributed by atoms with Gasteiger partial charge in [0, 0.05) is 6.54 Å². The summed E-state index contributed by atoms with van der Waals surface area (Å²) >= 11 is 0. The molecule has 0 spiro atoms. The van der Waals surface area contributed by atoms with E-state index in [0.717, 1.165) is 31.6 Å². The highest BCUT2D eigenvalue weighted by atomic mass is 16.5. The van der Waals surface area contributed by atoms with Crippen LogP contribution in [0.1, 0.15) is 37.3 Å². The van der Waals surface area contributed by atoms with Crippen LogP contribution in [-0.4, -0.2) is 32.1 Å². The maximum Gasteiger partial charge on any atom is 0.119 e. The number of benzene rings is 1. The molecular weight excluding hydrogens is 236 g/mol. The molecule has 1 aliphatic rings. The Morgan fingerprint density at radius 2 is 2.21 bits per heavy atom. The van der Waals surface area contributed by atoms with Crippen LogP contribution in [0.5, 0.6) is 5.75 Å². The predicted octanol–water partition coefficient (Wildman–Crippen LogP) is 2.53. The monoisotopic (exact) mass is 262 g/mol. The van der Waals surface area contributed by atoms with Crippen LogP contribution in [0.4, 0.5) is 0 Å². The Bertz CT molecular complexity index is 433. The lowest BCUT2D eigenvalue weighted by molar-refractivity contribution is 0.103. The van der Waals surface area contributed by atoms with Crippen LogP contribution in [0.3, 0.4) is 0 Å². The summed E-state index contributed by atoms with van der Waals surface area (Å²) in [5.41, 5.74) is 8.98. The minimum atomic E-state index is -0.0157. The third-order valence-electron chi connectivity index (χ3n) is 4.48. The molecule has 3 heteroatoms. The van der Waals surface area contributed by atoms with E-state index in [1.54, 1.807) is 7.11 Å². The lowest BCUT2D eigenvalue weighted by Crippen LogP contribution is -2.51. The number of hydrogen-bond donors (Lipinski definition) is 1. The van der Waals surface area contributed by atoms with Crippen molar-refractivity contribution < 1.29 is 4.74 Å². The van der Waals surface area contributed by atoms with Gasteiger partial charge >= 0.3 is 0 Å². The zero-order chi connectivity index (χ0) is 13.9. The summed E-state index contributed by atoms with van der Waals surface area (Å²) in [6, 6.07) is 6.45. The summed E-state index contributed by atoms with van der Waals surface area (Å²) in [7, 11) is 3.93. The van der Waals surface area contributed by atoms with Crippen molar-refractivity contribution in [2.24, 2.45) is 5.73 Å². The van der Waals surface area contributed by atoms with E-state index in [1.807, 2.05) is 0 Å². The van der Waals surface area contributed by atoms with Gasteiger partial charge in [0.15, 0.2) is 0 Å². The minimum Gasteiger partial charge on any atom is -0.497 e. The topological polar surface area (TPSA) is 38.5 Å². The molecule has 1 aromatic rings.